The predicted octanol–water partition coefficient (Wildman–Crippen LogP) is 3.86. The second-order valence-corrected chi connectivity index (χ2v) is 8.30. The smallest absolute Gasteiger partial charge is 0.270 e. The van der Waals surface area contributed by atoms with E-state index in [1.165, 1.54) is 29.1 Å². The maximum atomic E-state index is 12.3. The molecule has 7 heteroatoms. The number of nitrogens with two attached hydrogens (primary N) is 1. The van der Waals surface area contributed by atoms with E-state index in [4.69, 9.17) is 5.73 Å². The number of nitrogens with zero attached hydrogens (tertiary/aromatic N) is 1. The largest absolute Gasteiger partial charge is 0.349 e. The van der Waals surface area contributed by atoms with Crippen LogP contribution in [0.3, 0.4) is 0 Å². The van der Waals surface area contributed by atoms with Gasteiger partial charge in [0.15, 0.2) is 0 Å². The number of rotatable bonds is 6. The number of hydrogen-bond acceptors (Lipinski definition) is 5. The van der Waals surface area contributed by atoms with Gasteiger partial charge in [0.1, 0.15) is 10.7 Å². The minimum absolute atomic E-state index is 0. The lowest BCUT2D eigenvalue weighted by atomic mass is 10.1. The van der Waals surface area contributed by atoms with Crippen molar-refractivity contribution in [2.24, 2.45) is 5.73 Å². The van der Waals surface area contributed by atoms with Crippen LogP contribution in [0.1, 0.15) is 41.2 Å². The third-order valence-corrected chi connectivity index (χ3v) is 6.49. The number of halogens is 1. The highest BCUT2D eigenvalue weighted by atomic mass is 35.5. The molecule has 1 aliphatic rings. The van der Waals surface area contributed by atoms with Gasteiger partial charge >= 0.3 is 0 Å². The molecule has 3 rings (SSSR count). The van der Waals surface area contributed by atoms with Gasteiger partial charge in [0, 0.05) is 28.1 Å². The van der Waals surface area contributed by atoms with E-state index in [1.807, 2.05) is 17.8 Å². The number of amides is 1. The van der Waals surface area contributed by atoms with E-state index in [0.717, 1.165) is 17.8 Å². The number of carbonyl (C=O) groups excluding carboxylic acids is 1. The number of carbonyl (C=O) groups is 1. The normalized spacial score (nSPS) is 15.7. The predicted molar refractivity (Wildman–Crippen MR) is 103 cm³/mol. The molecule has 0 bridgehead atoms. The minimum atomic E-state index is -0.0964. The Morgan fingerprint density at radius 3 is 2.62 bits per heavy atom. The first-order valence-electron chi connectivity index (χ1n) is 7.87. The summed E-state index contributed by atoms with van der Waals surface area (Å²) in [5.74, 6) is -0.0964. The van der Waals surface area contributed by atoms with Gasteiger partial charge in [-0.15, -0.1) is 35.5 Å². The average molecular weight is 384 g/mol. The molecule has 2 aromatic rings. The monoisotopic (exact) mass is 383 g/mol. The standard InChI is InChI=1S/C17H21N3OS2.ClH/c18-10-15-20-14(11-22-15)16(21)19-12-17(8-4-5-9-17)23-13-6-2-1-3-7-13;/h1-3,6-7,11H,4-5,8-10,12,18H2,(H,19,21);1H. The van der Waals surface area contributed by atoms with Crippen molar-refractivity contribution >= 4 is 41.4 Å². The highest BCUT2D eigenvalue weighted by Gasteiger charge is 2.35. The zero-order valence-electron chi connectivity index (χ0n) is 13.4. The Kier molecular flexibility index (Phi) is 7.10. The SMILES string of the molecule is Cl.NCc1nc(C(=O)NCC2(Sc3ccccc3)CCCC2)cs1. The first-order valence-corrected chi connectivity index (χ1v) is 9.57. The molecule has 1 amide bonds. The van der Waals surface area contributed by atoms with Crippen LogP contribution >= 0.6 is 35.5 Å². The fraction of sp³-hybridized carbons (Fsp3) is 0.412. The molecule has 1 aromatic carbocycles. The molecule has 0 radical (unpaired) electrons. The van der Waals surface area contributed by atoms with Crippen molar-refractivity contribution in [3.05, 3.63) is 46.4 Å². The van der Waals surface area contributed by atoms with Crippen LogP contribution in [0.2, 0.25) is 0 Å². The highest BCUT2D eigenvalue weighted by Crippen LogP contribution is 2.44. The fourth-order valence-electron chi connectivity index (χ4n) is 2.91. The molecular weight excluding hydrogens is 362 g/mol. The summed E-state index contributed by atoms with van der Waals surface area (Å²) in [6.07, 6.45) is 4.73. The van der Waals surface area contributed by atoms with Crippen LogP contribution in [0, 0.1) is 0 Å². The van der Waals surface area contributed by atoms with Crippen LogP contribution in [0.4, 0.5) is 0 Å². The Balaban J connectivity index is 0.00000208. The maximum Gasteiger partial charge on any atom is 0.270 e. The van der Waals surface area contributed by atoms with E-state index < -0.39 is 0 Å². The zero-order valence-corrected chi connectivity index (χ0v) is 15.8. The molecule has 3 N–H and O–H groups in total. The molecule has 1 aromatic heterocycles. The van der Waals surface area contributed by atoms with Crippen LogP contribution in [-0.4, -0.2) is 22.2 Å². The summed E-state index contributed by atoms with van der Waals surface area (Å²) >= 11 is 3.33. The van der Waals surface area contributed by atoms with E-state index >= 15 is 0 Å². The first-order chi connectivity index (χ1) is 11.2. The third kappa shape index (κ3) is 4.72. The van der Waals surface area contributed by atoms with E-state index in [9.17, 15) is 4.79 Å². The molecule has 24 heavy (non-hydrogen) atoms. The summed E-state index contributed by atoms with van der Waals surface area (Å²) in [5.41, 5.74) is 6.04. The summed E-state index contributed by atoms with van der Waals surface area (Å²) in [4.78, 5) is 17.8. The molecule has 1 aliphatic carbocycles. The molecule has 1 heterocycles. The Morgan fingerprint density at radius 2 is 2.00 bits per heavy atom. The molecule has 0 atom stereocenters. The van der Waals surface area contributed by atoms with Crippen LogP contribution in [0.15, 0.2) is 40.6 Å². The Bertz CT molecular complexity index is 657. The fourth-order valence-corrected chi connectivity index (χ4v) is 5.00. The van der Waals surface area contributed by atoms with Gasteiger partial charge in [-0.05, 0) is 25.0 Å². The Hall–Kier alpha value is -1.08. The van der Waals surface area contributed by atoms with Gasteiger partial charge in [-0.3, -0.25) is 4.79 Å². The van der Waals surface area contributed by atoms with Gasteiger partial charge in [-0.25, -0.2) is 4.98 Å². The van der Waals surface area contributed by atoms with E-state index in [-0.39, 0.29) is 23.1 Å². The number of nitrogens with one attached hydrogen (secondary N) is 1. The van der Waals surface area contributed by atoms with Crippen molar-refractivity contribution in [3.8, 4) is 0 Å². The molecule has 4 nitrogen and oxygen atoms in total. The van der Waals surface area contributed by atoms with Crippen LogP contribution in [0.25, 0.3) is 0 Å². The van der Waals surface area contributed by atoms with Gasteiger partial charge < -0.3 is 11.1 Å². The van der Waals surface area contributed by atoms with Crippen molar-refractivity contribution < 1.29 is 4.79 Å². The van der Waals surface area contributed by atoms with Crippen LogP contribution < -0.4 is 11.1 Å². The molecular formula is C17H22ClN3OS2. The third-order valence-electron chi connectivity index (χ3n) is 4.12. The lowest BCUT2D eigenvalue weighted by molar-refractivity contribution is 0.0945. The topological polar surface area (TPSA) is 68.0 Å². The first kappa shape index (κ1) is 19.2. The van der Waals surface area contributed by atoms with Gasteiger partial charge in [-0.2, -0.15) is 0 Å². The number of hydrogen-bond donors (Lipinski definition) is 2. The summed E-state index contributed by atoms with van der Waals surface area (Å²) in [6.45, 7) is 1.06. The molecule has 0 saturated heterocycles. The number of aromatic nitrogens is 1. The highest BCUT2D eigenvalue weighted by molar-refractivity contribution is 8.00. The molecule has 1 fully saturated rings. The molecule has 130 valence electrons. The molecule has 1 saturated carbocycles. The summed E-state index contributed by atoms with van der Waals surface area (Å²) in [5, 5.41) is 5.66. The Labute approximate surface area is 157 Å². The van der Waals surface area contributed by atoms with Gasteiger partial charge in [0.05, 0.1) is 0 Å². The zero-order chi connectivity index (χ0) is 16.1. The maximum absolute atomic E-state index is 12.3. The summed E-state index contributed by atoms with van der Waals surface area (Å²) < 4.78 is 0.101. The van der Waals surface area contributed by atoms with Gasteiger partial charge in [-0.1, -0.05) is 31.0 Å². The van der Waals surface area contributed by atoms with E-state index in [2.05, 4.69) is 34.6 Å². The van der Waals surface area contributed by atoms with Gasteiger partial charge in [0.2, 0.25) is 0 Å². The van der Waals surface area contributed by atoms with Gasteiger partial charge in [0.25, 0.3) is 5.91 Å². The average Bonchev–Trinajstić information content (AvgIpc) is 3.23. The quantitative estimate of drug-likeness (QED) is 0.794. The minimum Gasteiger partial charge on any atom is -0.349 e. The molecule has 0 aliphatic heterocycles. The van der Waals surface area contributed by atoms with Crippen molar-refractivity contribution in [3.63, 3.8) is 0 Å². The number of thiazole rings is 1. The number of benzene rings is 1. The van der Waals surface area contributed by atoms with E-state index in [1.54, 1.807) is 5.38 Å². The lowest BCUT2D eigenvalue weighted by Crippen LogP contribution is -2.38. The van der Waals surface area contributed by atoms with Crippen molar-refractivity contribution in [2.75, 3.05) is 6.54 Å². The van der Waals surface area contributed by atoms with Crippen molar-refractivity contribution in [1.82, 2.24) is 10.3 Å². The molecule has 0 unspecified atom stereocenters. The second-order valence-electron chi connectivity index (χ2n) is 5.82. The Morgan fingerprint density at radius 1 is 1.29 bits per heavy atom. The van der Waals surface area contributed by atoms with Crippen LogP contribution in [-0.2, 0) is 6.54 Å². The van der Waals surface area contributed by atoms with Crippen molar-refractivity contribution in [1.29, 1.82) is 0 Å². The summed E-state index contributed by atoms with van der Waals surface area (Å²) in [6, 6.07) is 10.4. The van der Waals surface area contributed by atoms with Crippen molar-refractivity contribution in [2.45, 2.75) is 41.9 Å². The van der Waals surface area contributed by atoms with Crippen LogP contribution in [0.5, 0.6) is 0 Å². The number of thioether (sulfide) groups is 1. The summed E-state index contributed by atoms with van der Waals surface area (Å²) in [7, 11) is 0. The second kappa shape index (κ2) is 8.85. The molecule has 0 spiro atoms. The van der Waals surface area contributed by atoms with E-state index in [0.29, 0.717) is 18.8 Å². The lowest BCUT2D eigenvalue weighted by Gasteiger charge is -2.28.